The lowest BCUT2D eigenvalue weighted by molar-refractivity contribution is 0.240. The molecule has 0 aliphatic carbocycles. The zero-order chi connectivity index (χ0) is 19.1. The van der Waals surface area contributed by atoms with E-state index >= 15 is 0 Å². The van der Waals surface area contributed by atoms with Gasteiger partial charge in [-0.3, -0.25) is 4.90 Å². The summed E-state index contributed by atoms with van der Waals surface area (Å²) < 4.78 is 6.05. The summed E-state index contributed by atoms with van der Waals surface area (Å²) in [6.45, 7) is 9.54. The van der Waals surface area contributed by atoms with Gasteiger partial charge in [0.05, 0.1) is 5.02 Å². The molecule has 0 saturated carbocycles. The third-order valence-electron chi connectivity index (χ3n) is 4.72. The molecule has 0 unspecified atom stereocenters. The van der Waals surface area contributed by atoms with Gasteiger partial charge in [-0.15, -0.1) is 0 Å². The van der Waals surface area contributed by atoms with Crippen LogP contribution in [0.4, 0.5) is 0 Å². The van der Waals surface area contributed by atoms with Crippen molar-refractivity contribution < 1.29 is 4.74 Å². The molecule has 1 aliphatic rings. The lowest BCUT2D eigenvalue weighted by Crippen LogP contribution is -2.45. The molecule has 0 aromatic heterocycles. The highest BCUT2D eigenvalue weighted by Crippen LogP contribution is 2.33. The van der Waals surface area contributed by atoms with E-state index < -0.39 is 0 Å². The van der Waals surface area contributed by atoms with E-state index in [9.17, 15) is 0 Å². The molecule has 0 atom stereocenters. The van der Waals surface area contributed by atoms with E-state index in [-0.39, 0.29) is 0 Å². The molecule has 0 radical (unpaired) electrons. The van der Waals surface area contributed by atoms with Gasteiger partial charge >= 0.3 is 0 Å². The van der Waals surface area contributed by atoms with E-state index in [4.69, 9.17) is 27.9 Å². The summed E-state index contributed by atoms with van der Waals surface area (Å²) in [6.07, 6.45) is 0. The molecule has 6 heteroatoms. The zero-order valence-corrected chi connectivity index (χ0v) is 17.2. The molecule has 0 amide bonds. The van der Waals surface area contributed by atoms with Gasteiger partial charge in [0.1, 0.15) is 12.4 Å². The fraction of sp³-hybridized carbons (Fsp3) is 0.429. The summed E-state index contributed by atoms with van der Waals surface area (Å²) in [5, 5.41) is 8.04. The van der Waals surface area contributed by atoms with E-state index in [1.165, 1.54) is 5.56 Å². The Morgan fingerprint density at radius 1 is 1.11 bits per heavy atom. The first kappa shape index (κ1) is 20.4. The fourth-order valence-corrected chi connectivity index (χ4v) is 3.73. The van der Waals surface area contributed by atoms with Crippen molar-refractivity contribution in [3.63, 3.8) is 0 Å². The van der Waals surface area contributed by atoms with Crippen LogP contribution in [0.1, 0.15) is 16.7 Å². The summed E-state index contributed by atoms with van der Waals surface area (Å²) in [7, 11) is 0. The van der Waals surface area contributed by atoms with E-state index in [0.29, 0.717) is 28.9 Å². The molecule has 2 aromatic carbocycles. The highest BCUT2D eigenvalue weighted by Gasteiger charge is 2.12. The Bertz CT molecular complexity index is 731. The van der Waals surface area contributed by atoms with Crippen molar-refractivity contribution in [1.29, 1.82) is 0 Å². The maximum absolute atomic E-state index is 6.41. The molecular weight excluding hydrogens is 381 g/mol. The molecule has 146 valence electrons. The van der Waals surface area contributed by atoms with Gasteiger partial charge in [0.25, 0.3) is 0 Å². The maximum atomic E-state index is 6.41. The van der Waals surface area contributed by atoms with Crippen molar-refractivity contribution in [2.45, 2.75) is 20.1 Å². The van der Waals surface area contributed by atoms with Crippen LogP contribution in [0, 0.1) is 6.92 Å². The quantitative estimate of drug-likeness (QED) is 0.651. The molecule has 1 aliphatic heterocycles. The first-order chi connectivity index (χ1) is 13.1. The van der Waals surface area contributed by atoms with Gasteiger partial charge in [-0.2, -0.15) is 0 Å². The Morgan fingerprint density at radius 3 is 2.59 bits per heavy atom. The molecule has 27 heavy (non-hydrogen) atoms. The number of halogens is 2. The largest absolute Gasteiger partial charge is 0.487 e. The summed E-state index contributed by atoms with van der Waals surface area (Å²) in [5.41, 5.74) is 3.34. The minimum Gasteiger partial charge on any atom is -0.487 e. The highest BCUT2D eigenvalue weighted by atomic mass is 35.5. The molecule has 0 bridgehead atoms. The number of rotatable bonds is 8. The van der Waals surface area contributed by atoms with Gasteiger partial charge in [0, 0.05) is 56.4 Å². The van der Waals surface area contributed by atoms with E-state index in [2.05, 4.69) is 46.7 Å². The van der Waals surface area contributed by atoms with Gasteiger partial charge in [0.2, 0.25) is 0 Å². The van der Waals surface area contributed by atoms with Crippen molar-refractivity contribution in [3.8, 4) is 5.75 Å². The summed E-state index contributed by atoms with van der Waals surface area (Å²) in [5.74, 6) is 0.705. The first-order valence-electron chi connectivity index (χ1n) is 9.42. The number of hydrogen-bond acceptors (Lipinski definition) is 4. The van der Waals surface area contributed by atoms with Crippen LogP contribution < -0.4 is 15.4 Å². The van der Waals surface area contributed by atoms with Gasteiger partial charge in [0.15, 0.2) is 0 Å². The van der Waals surface area contributed by atoms with Gasteiger partial charge in [-0.05, 0) is 24.6 Å². The van der Waals surface area contributed by atoms with Gasteiger partial charge < -0.3 is 15.4 Å². The van der Waals surface area contributed by atoms with Gasteiger partial charge in [-0.1, -0.05) is 53.0 Å². The molecule has 1 saturated heterocycles. The number of aryl methyl sites for hydroxylation is 1. The van der Waals surface area contributed by atoms with Crippen LogP contribution in [0.25, 0.3) is 0 Å². The van der Waals surface area contributed by atoms with E-state index in [1.54, 1.807) is 6.07 Å². The number of ether oxygens (including phenoxy) is 1. The second-order valence-corrected chi connectivity index (χ2v) is 7.76. The normalized spacial score (nSPS) is 15.1. The number of piperazine rings is 1. The molecule has 2 N–H and O–H groups in total. The Hall–Kier alpha value is -1.30. The first-order valence-corrected chi connectivity index (χ1v) is 10.2. The Balaban J connectivity index is 1.57. The Labute approximate surface area is 171 Å². The van der Waals surface area contributed by atoms with Crippen molar-refractivity contribution >= 4 is 23.2 Å². The number of nitrogens with zero attached hydrogens (tertiary/aromatic N) is 1. The monoisotopic (exact) mass is 407 g/mol. The topological polar surface area (TPSA) is 36.5 Å². The van der Waals surface area contributed by atoms with Crippen molar-refractivity contribution in [2.24, 2.45) is 0 Å². The van der Waals surface area contributed by atoms with Crippen molar-refractivity contribution in [3.05, 3.63) is 63.1 Å². The van der Waals surface area contributed by atoms with Crippen LogP contribution >= 0.6 is 23.2 Å². The summed E-state index contributed by atoms with van der Waals surface area (Å²) >= 11 is 12.6. The molecule has 1 fully saturated rings. The van der Waals surface area contributed by atoms with Gasteiger partial charge in [-0.25, -0.2) is 0 Å². The molecular formula is C21H27Cl2N3O. The average Bonchev–Trinajstić information content (AvgIpc) is 2.66. The molecule has 1 heterocycles. The summed E-state index contributed by atoms with van der Waals surface area (Å²) in [6, 6.07) is 12.0. The Morgan fingerprint density at radius 2 is 1.85 bits per heavy atom. The molecule has 2 aromatic rings. The minimum atomic E-state index is 0.482. The predicted octanol–water partition coefficient (Wildman–Crippen LogP) is 3.88. The van der Waals surface area contributed by atoms with Crippen molar-refractivity contribution in [2.75, 3.05) is 39.3 Å². The van der Waals surface area contributed by atoms with Crippen LogP contribution in [0.15, 0.2) is 36.4 Å². The third kappa shape index (κ3) is 6.37. The molecule has 3 rings (SSSR count). The van der Waals surface area contributed by atoms with Crippen LogP contribution in [0.2, 0.25) is 10.0 Å². The SMILES string of the molecule is Cc1ccc(COc2c(Cl)cc(Cl)cc2CNCCN2CCNCC2)cc1. The smallest absolute Gasteiger partial charge is 0.142 e. The lowest BCUT2D eigenvalue weighted by atomic mass is 10.1. The second kappa shape index (κ2) is 10.3. The summed E-state index contributed by atoms with van der Waals surface area (Å²) in [4.78, 5) is 2.46. The van der Waals surface area contributed by atoms with E-state index in [0.717, 1.165) is 50.4 Å². The second-order valence-electron chi connectivity index (χ2n) is 6.92. The lowest BCUT2D eigenvalue weighted by Gasteiger charge is -2.27. The minimum absolute atomic E-state index is 0.482. The number of benzene rings is 2. The van der Waals surface area contributed by atoms with Crippen molar-refractivity contribution in [1.82, 2.24) is 15.5 Å². The molecule has 4 nitrogen and oxygen atoms in total. The van der Waals surface area contributed by atoms with Crippen LogP contribution in [0.5, 0.6) is 5.75 Å². The Kier molecular flexibility index (Phi) is 7.80. The fourth-order valence-electron chi connectivity index (χ4n) is 3.14. The van der Waals surface area contributed by atoms with Crippen LogP contribution in [-0.2, 0) is 13.2 Å². The van der Waals surface area contributed by atoms with Crippen LogP contribution in [0.3, 0.4) is 0 Å². The standard InChI is InChI=1S/C21H27Cl2N3O/c1-16-2-4-17(5-3-16)15-27-21-18(12-19(22)13-20(21)23)14-25-8-11-26-9-6-24-7-10-26/h2-5,12-13,24-25H,6-11,14-15H2,1H3. The average molecular weight is 408 g/mol. The zero-order valence-electron chi connectivity index (χ0n) is 15.7. The maximum Gasteiger partial charge on any atom is 0.142 e. The highest BCUT2D eigenvalue weighted by molar-refractivity contribution is 6.35. The number of hydrogen-bond donors (Lipinski definition) is 2. The number of nitrogens with one attached hydrogen (secondary N) is 2. The molecule has 0 spiro atoms. The van der Waals surface area contributed by atoms with Crippen LogP contribution in [-0.4, -0.2) is 44.2 Å². The van der Waals surface area contributed by atoms with E-state index in [1.807, 2.05) is 6.07 Å². The third-order valence-corrected chi connectivity index (χ3v) is 5.22. The predicted molar refractivity (Wildman–Crippen MR) is 113 cm³/mol.